The van der Waals surface area contributed by atoms with Crippen LogP contribution < -0.4 is 0 Å². The Balaban J connectivity index is 2.36. The Hall–Kier alpha value is -0.370. The molecule has 1 fully saturated rings. The fraction of sp³-hybridized carbons (Fsp3) is 0.917. The smallest absolute Gasteiger partial charge is 0.138 e. The number of carbonyl (C=O) groups is 1. The molecule has 0 aromatic carbocycles. The highest BCUT2D eigenvalue weighted by atomic mass is 16.1. The van der Waals surface area contributed by atoms with Crippen molar-refractivity contribution >= 4 is 5.78 Å². The number of carbonyl (C=O) groups excluding carboxylic acids is 1. The molecule has 0 amide bonds. The summed E-state index contributed by atoms with van der Waals surface area (Å²) in [6.07, 6.45) is 0.756. The Bertz CT molecular complexity index is 200. The van der Waals surface area contributed by atoms with E-state index in [9.17, 15) is 4.79 Å². The summed E-state index contributed by atoms with van der Waals surface area (Å²) in [6, 6.07) is 0. The molecule has 0 aromatic heterocycles. The van der Waals surface area contributed by atoms with E-state index in [0.29, 0.717) is 5.78 Å². The molecule has 2 atom stereocenters. The van der Waals surface area contributed by atoms with Gasteiger partial charge in [0.1, 0.15) is 5.78 Å². The topological polar surface area (TPSA) is 20.3 Å². The Morgan fingerprint density at radius 2 is 2.07 bits per heavy atom. The van der Waals surface area contributed by atoms with Crippen LogP contribution >= 0.6 is 0 Å². The second-order valence-corrected chi connectivity index (χ2v) is 5.10. The van der Waals surface area contributed by atoms with Crippen LogP contribution in [-0.2, 0) is 4.79 Å². The summed E-state index contributed by atoms with van der Waals surface area (Å²) in [4.78, 5) is 13.8. The lowest BCUT2D eigenvalue weighted by atomic mass is 9.94. The van der Waals surface area contributed by atoms with Crippen molar-refractivity contribution in [2.24, 2.45) is 17.8 Å². The normalized spacial score (nSPS) is 26.9. The van der Waals surface area contributed by atoms with Gasteiger partial charge in [0.15, 0.2) is 0 Å². The highest BCUT2D eigenvalue weighted by Gasteiger charge is 2.24. The third-order valence-electron chi connectivity index (χ3n) is 3.44. The molecule has 0 aromatic rings. The van der Waals surface area contributed by atoms with E-state index in [2.05, 4.69) is 32.6 Å². The van der Waals surface area contributed by atoms with Crippen LogP contribution in [0.3, 0.4) is 0 Å². The fourth-order valence-electron chi connectivity index (χ4n) is 1.88. The molecule has 1 aliphatic heterocycles. The largest absolute Gasteiger partial charge is 0.302 e. The fourth-order valence-corrected chi connectivity index (χ4v) is 1.88. The molecule has 0 N–H and O–H groups in total. The monoisotopic (exact) mass is 197 g/mol. The van der Waals surface area contributed by atoms with Crippen LogP contribution in [0.2, 0.25) is 0 Å². The van der Waals surface area contributed by atoms with E-state index in [0.717, 1.165) is 37.9 Å². The van der Waals surface area contributed by atoms with Gasteiger partial charge in [-0.2, -0.15) is 0 Å². The molecule has 2 unspecified atom stereocenters. The van der Waals surface area contributed by atoms with Crippen molar-refractivity contribution in [3.8, 4) is 0 Å². The number of Topliss-reactive ketones (excluding diaryl/α,β-unsaturated/α-hetero) is 1. The molecule has 2 nitrogen and oxygen atoms in total. The van der Waals surface area contributed by atoms with Crippen molar-refractivity contribution in [2.75, 3.05) is 19.6 Å². The van der Waals surface area contributed by atoms with Crippen LogP contribution in [0.4, 0.5) is 0 Å². The van der Waals surface area contributed by atoms with Gasteiger partial charge in [-0.05, 0) is 11.8 Å². The van der Waals surface area contributed by atoms with Crippen molar-refractivity contribution in [1.29, 1.82) is 0 Å². The molecular formula is C12H23NO. The molecule has 82 valence electrons. The van der Waals surface area contributed by atoms with E-state index < -0.39 is 0 Å². The van der Waals surface area contributed by atoms with Gasteiger partial charge in [-0.15, -0.1) is 0 Å². The minimum absolute atomic E-state index is 0.253. The number of nitrogens with zero attached hydrogens (tertiary/aromatic N) is 1. The summed E-state index contributed by atoms with van der Waals surface area (Å²) in [5.41, 5.74) is 0. The maximum atomic E-state index is 11.3. The van der Waals surface area contributed by atoms with Crippen molar-refractivity contribution in [1.82, 2.24) is 4.90 Å². The third-order valence-corrected chi connectivity index (χ3v) is 3.44. The van der Waals surface area contributed by atoms with Crippen molar-refractivity contribution in [3.05, 3.63) is 0 Å². The van der Waals surface area contributed by atoms with E-state index in [1.54, 1.807) is 0 Å². The highest BCUT2D eigenvalue weighted by Crippen LogP contribution is 2.17. The molecule has 1 heterocycles. The minimum atomic E-state index is 0.253. The lowest BCUT2D eigenvalue weighted by molar-refractivity contribution is -0.125. The quantitative estimate of drug-likeness (QED) is 0.691. The average molecular weight is 197 g/mol. The van der Waals surface area contributed by atoms with Crippen LogP contribution in [0.15, 0.2) is 0 Å². The standard InChI is InChI=1S/C12H23NO/c1-9(2)10(3)7-13-6-5-12(14)11(4)8-13/h9-11H,5-8H2,1-4H3. The molecule has 2 heteroatoms. The number of hydrogen-bond donors (Lipinski definition) is 0. The van der Waals surface area contributed by atoms with Crippen LogP contribution in [0.1, 0.15) is 34.1 Å². The van der Waals surface area contributed by atoms with E-state index >= 15 is 0 Å². The van der Waals surface area contributed by atoms with Gasteiger partial charge >= 0.3 is 0 Å². The van der Waals surface area contributed by atoms with Gasteiger partial charge in [0, 0.05) is 32.0 Å². The molecule has 1 rings (SSSR count). The Morgan fingerprint density at radius 3 is 2.57 bits per heavy atom. The first-order valence-corrected chi connectivity index (χ1v) is 5.75. The van der Waals surface area contributed by atoms with Gasteiger partial charge in [-0.3, -0.25) is 4.79 Å². The van der Waals surface area contributed by atoms with Crippen molar-refractivity contribution in [3.63, 3.8) is 0 Å². The SMILES string of the molecule is CC1CN(CC(C)C(C)C)CCC1=O. The van der Waals surface area contributed by atoms with E-state index in [-0.39, 0.29) is 5.92 Å². The van der Waals surface area contributed by atoms with Gasteiger partial charge in [0.25, 0.3) is 0 Å². The number of piperidine rings is 1. The Kier molecular flexibility index (Phi) is 4.11. The minimum Gasteiger partial charge on any atom is -0.302 e. The summed E-state index contributed by atoms with van der Waals surface area (Å²) in [5.74, 6) is 2.17. The first kappa shape index (κ1) is 11.7. The number of rotatable bonds is 3. The van der Waals surface area contributed by atoms with Crippen molar-refractivity contribution in [2.45, 2.75) is 34.1 Å². The molecule has 0 radical (unpaired) electrons. The van der Waals surface area contributed by atoms with E-state index in [4.69, 9.17) is 0 Å². The van der Waals surface area contributed by atoms with Gasteiger partial charge in [-0.1, -0.05) is 27.7 Å². The van der Waals surface area contributed by atoms with Crippen LogP contribution in [-0.4, -0.2) is 30.3 Å². The maximum absolute atomic E-state index is 11.3. The number of ketones is 1. The Morgan fingerprint density at radius 1 is 1.43 bits per heavy atom. The summed E-state index contributed by atoms with van der Waals surface area (Å²) in [6.45, 7) is 12.0. The molecule has 0 saturated carbocycles. The van der Waals surface area contributed by atoms with Crippen LogP contribution in [0.5, 0.6) is 0 Å². The predicted molar refractivity (Wildman–Crippen MR) is 59.2 cm³/mol. The van der Waals surface area contributed by atoms with Crippen LogP contribution in [0.25, 0.3) is 0 Å². The molecule has 1 saturated heterocycles. The zero-order valence-corrected chi connectivity index (χ0v) is 9.92. The molecule has 0 bridgehead atoms. The van der Waals surface area contributed by atoms with Gasteiger partial charge in [-0.25, -0.2) is 0 Å². The van der Waals surface area contributed by atoms with Crippen LogP contribution in [0, 0.1) is 17.8 Å². The number of likely N-dealkylation sites (tertiary alicyclic amines) is 1. The average Bonchev–Trinajstić information content (AvgIpc) is 2.11. The first-order chi connectivity index (χ1) is 6.50. The predicted octanol–water partition coefficient (Wildman–Crippen LogP) is 2.19. The Labute approximate surface area is 87.7 Å². The first-order valence-electron chi connectivity index (χ1n) is 5.75. The molecule has 1 aliphatic rings. The van der Waals surface area contributed by atoms with Gasteiger partial charge < -0.3 is 4.90 Å². The van der Waals surface area contributed by atoms with Crippen molar-refractivity contribution < 1.29 is 4.79 Å². The van der Waals surface area contributed by atoms with Gasteiger partial charge in [0.05, 0.1) is 0 Å². The summed E-state index contributed by atoms with van der Waals surface area (Å²) in [7, 11) is 0. The summed E-state index contributed by atoms with van der Waals surface area (Å²) < 4.78 is 0. The number of hydrogen-bond acceptors (Lipinski definition) is 2. The second-order valence-electron chi connectivity index (χ2n) is 5.10. The van der Waals surface area contributed by atoms with Gasteiger partial charge in [0.2, 0.25) is 0 Å². The summed E-state index contributed by atoms with van der Waals surface area (Å²) in [5, 5.41) is 0. The van der Waals surface area contributed by atoms with E-state index in [1.165, 1.54) is 0 Å². The third kappa shape index (κ3) is 3.09. The maximum Gasteiger partial charge on any atom is 0.138 e. The lowest BCUT2D eigenvalue weighted by Crippen LogP contribution is -2.42. The second kappa shape index (κ2) is 4.92. The van der Waals surface area contributed by atoms with E-state index in [1.807, 2.05) is 0 Å². The molecule has 0 spiro atoms. The lowest BCUT2D eigenvalue weighted by Gasteiger charge is -2.32. The zero-order valence-electron chi connectivity index (χ0n) is 9.92. The molecule has 0 aliphatic carbocycles. The zero-order chi connectivity index (χ0) is 10.7. The molecule has 14 heavy (non-hydrogen) atoms. The molecular weight excluding hydrogens is 174 g/mol. The summed E-state index contributed by atoms with van der Waals surface area (Å²) >= 11 is 0. The highest BCUT2D eigenvalue weighted by molar-refractivity contribution is 5.81.